The summed E-state index contributed by atoms with van der Waals surface area (Å²) >= 11 is 0. The number of ether oxygens (including phenoxy) is 2. The molecule has 122 valence electrons. The molecule has 0 fully saturated rings. The van der Waals surface area contributed by atoms with Crippen molar-refractivity contribution in [2.45, 2.75) is 71.8 Å². The maximum absolute atomic E-state index is 11.5. The van der Waals surface area contributed by atoms with Gasteiger partial charge >= 0.3 is 11.9 Å². The van der Waals surface area contributed by atoms with Crippen LogP contribution >= 0.6 is 0 Å². The number of carbonyl (C=O) groups excluding carboxylic acids is 2. The quantitative estimate of drug-likeness (QED) is 0.310. The van der Waals surface area contributed by atoms with Gasteiger partial charge in [0.2, 0.25) is 0 Å². The zero-order valence-corrected chi connectivity index (χ0v) is 13.7. The lowest BCUT2D eigenvalue weighted by molar-refractivity contribution is -0.149. The number of carbonyl (C=O) groups is 2. The van der Waals surface area contributed by atoms with E-state index in [9.17, 15) is 9.59 Å². The van der Waals surface area contributed by atoms with Gasteiger partial charge in [0.1, 0.15) is 6.10 Å². The molecule has 0 saturated carbocycles. The van der Waals surface area contributed by atoms with Crippen LogP contribution in [0.15, 0.2) is 12.7 Å². The Morgan fingerprint density at radius 3 is 2.24 bits per heavy atom. The van der Waals surface area contributed by atoms with E-state index < -0.39 is 0 Å². The van der Waals surface area contributed by atoms with Crippen molar-refractivity contribution in [3.8, 4) is 0 Å². The molecule has 0 bridgehead atoms. The zero-order chi connectivity index (χ0) is 16.1. The molecule has 0 amide bonds. The van der Waals surface area contributed by atoms with E-state index in [0.29, 0.717) is 44.6 Å². The molecule has 4 heteroatoms. The summed E-state index contributed by atoms with van der Waals surface area (Å²) in [5.74, 6) is 0.250. The highest BCUT2D eigenvalue weighted by atomic mass is 16.5. The first kappa shape index (κ1) is 19.7. The van der Waals surface area contributed by atoms with Crippen LogP contribution in [0.3, 0.4) is 0 Å². The molecule has 0 heterocycles. The molecular weight excluding hydrogens is 268 g/mol. The van der Waals surface area contributed by atoms with Crippen LogP contribution < -0.4 is 0 Å². The highest BCUT2D eigenvalue weighted by Gasteiger charge is 2.09. The third kappa shape index (κ3) is 13.4. The Kier molecular flexibility index (Phi) is 11.6. The molecule has 1 atom stereocenters. The molecule has 0 aromatic rings. The van der Waals surface area contributed by atoms with E-state index in [0.717, 1.165) is 12.8 Å². The van der Waals surface area contributed by atoms with Crippen molar-refractivity contribution < 1.29 is 19.1 Å². The Balaban J connectivity index is 3.50. The van der Waals surface area contributed by atoms with Crippen LogP contribution in [0.5, 0.6) is 0 Å². The average molecular weight is 298 g/mol. The molecule has 0 aromatic heterocycles. The first-order chi connectivity index (χ1) is 9.95. The van der Waals surface area contributed by atoms with Crippen LogP contribution in [0.2, 0.25) is 0 Å². The number of rotatable bonds is 12. The van der Waals surface area contributed by atoms with Crippen molar-refractivity contribution in [3.63, 3.8) is 0 Å². The van der Waals surface area contributed by atoms with Crippen LogP contribution in [0.25, 0.3) is 0 Å². The van der Waals surface area contributed by atoms with Crippen LogP contribution in [-0.2, 0) is 19.1 Å². The fraction of sp³-hybridized carbons (Fsp3) is 0.765. The second kappa shape index (κ2) is 12.4. The van der Waals surface area contributed by atoms with Gasteiger partial charge < -0.3 is 9.47 Å². The third-order valence-electron chi connectivity index (χ3n) is 3.03. The molecule has 1 unspecified atom stereocenters. The summed E-state index contributed by atoms with van der Waals surface area (Å²) in [6.45, 7) is 10.2. The molecule has 4 nitrogen and oxygen atoms in total. The molecule has 0 N–H and O–H groups in total. The summed E-state index contributed by atoms with van der Waals surface area (Å²) < 4.78 is 10.3. The van der Waals surface area contributed by atoms with Gasteiger partial charge in [-0.15, -0.1) is 6.58 Å². The van der Waals surface area contributed by atoms with Gasteiger partial charge in [0.15, 0.2) is 0 Å². The van der Waals surface area contributed by atoms with Crippen LogP contribution in [0.4, 0.5) is 0 Å². The van der Waals surface area contributed by atoms with Crippen molar-refractivity contribution in [2.24, 2.45) is 5.92 Å². The van der Waals surface area contributed by atoms with E-state index in [1.54, 1.807) is 6.08 Å². The summed E-state index contributed by atoms with van der Waals surface area (Å²) in [5, 5.41) is 0. The topological polar surface area (TPSA) is 52.6 Å². The standard InChI is InChI=1S/C17H30O4/c1-5-9-15(4)21-17(19)12-7-6-11-16(18)20-13-8-10-14(2)3/h5,14-15H,1,6-13H2,2-4H3. The second-order valence-electron chi connectivity index (χ2n) is 5.79. The minimum atomic E-state index is -0.213. The van der Waals surface area contributed by atoms with Gasteiger partial charge in [-0.25, -0.2) is 0 Å². The second-order valence-corrected chi connectivity index (χ2v) is 5.79. The molecular formula is C17H30O4. The van der Waals surface area contributed by atoms with Crippen molar-refractivity contribution in [1.29, 1.82) is 0 Å². The van der Waals surface area contributed by atoms with Crippen molar-refractivity contribution in [1.82, 2.24) is 0 Å². The fourth-order valence-electron chi connectivity index (χ4n) is 1.85. The molecule has 0 aliphatic carbocycles. The summed E-state index contributed by atoms with van der Waals surface area (Å²) in [7, 11) is 0. The molecule has 0 aliphatic rings. The van der Waals surface area contributed by atoms with Gasteiger partial charge in [-0.3, -0.25) is 9.59 Å². The van der Waals surface area contributed by atoms with Crippen LogP contribution in [-0.4, -0.2) is 24.6 Å². The van der Waals surface area contributed by atoms with Gasteiger partial charge in [-0.2, -0.15) is 0 Å². The normalized spacial score (nSPS) is 12.0. The third-order valence-corrected chi connectivity index (χ3v) is 3.03. The minimum Gasteiger partial charge on any atom is -0.466 e. The molecule has 0 spiro atoms. The molecule has 21 heavy (non-hydrogen) atoms. The molecule has 0 aliphatic heterocycles. The number of unbranched alkanes of at least 4 members (excludes halogenated alkanes) is 1. The highest BCUT2D eigenvalue weighted by molar-refractivity contribution is 5.70. The molecule has 0 radical (unpaired) electrons. The maximum Gasteiger partial charge on any atom is 0.306 e. The smallest absolute Gasteiger partial charge is 0.306 e. The van der Waals surface area contributed by atoms with Gasteiger partial charge in [-0.05, 0) is 38.5 Å². The Hall–Kier alpha value is -1.32. The summed E-state index contributed by atoms with van der Waals surface area (Å²) in [6.07, 6.45) is 6.29. The van der Waals surface area contributed by atoms with Crippen molar-refractivity contribution in [2.75, 3.05) is 6.61 Å². The molecule has 0 rings (SSSR count). The monoisotopic (exact) mass is 298 g/mol. The van der Waals surface area contributed by atoms with E-state index in [2.05, 4.69) is 20.4 Å². The van der Waals surface area contributed by atoms with E-state index in [1.165, 1.54) is 0 Å². The van der Waals surface area contributed by atoms with Crippen molar-refractivity contribution >= 4 is 11.9 Å². The number of hydrogen-bond donors (Lipinski definition) is 0. The fourth-order valence-corrected chi connectivity index (χ4v) is 1.85. The lowest BCUT2D eigenvalue weighted by Crippen LogP contribution is -2.14. The Morgan fingerprint density at radius 2 is 1.67 bits per heavy atom. The van der Waals surface area contributed by atoms with E-state index >= 15 is 0 Å². The Morgan fingerprint density at radius 1 is 1.05 bits per heavy atom. The lowest BCUT2D eigenvalue weighted by atomic mass is 10.1. The molecule has 0 aromatic carbocycles. The van der Waals surface area contributed by atoms with Gasteiger partial charge in [0, 0.05) is 19.3 Å². The van der Waals surface area contributed by atoms with Gasteiger partial charge in [0.25, 0.3) is 0 Å². The molecule has 0 saturated heterocycles. The summed E-state index contributed by atoms with van der Waals surface area (Å²) in [6, 6.07) is 0. The summed E-state index contributed by atoms with van der Waals surface area (Å²) in [5.41, 5.74) is 0. The minimum absolute atomic E-state index is 0.124. The van der Waals surface area contributed by atoms with Crippen LogP contribution in [0.1, 0.15) is 65.7 Å². The lowest BCUT2D eigenvalue weighted by Gasteiger charge is -2.10. The number of hydrogen-bond acceptors (Lipinski definition) is 4. The first-order valence-corrected chi connectivity index (χ1v) is 7.91. The Labute approximate surface area is 128 Å². The van der Waals surface area contributed by atoms with E-state index in [-0.39, 0.29) is 18.0 Å². The first-order valence-electron chi connectivity index (χ1n) is 7.91. The highest BCUT2D eigenvalue weighted by Crippen LogP contribution is 2.07. The largest absolute Gasteiger partial charge is 0.466 e. The zero-order valence-electron chi connectivity index (χ0n) is 13.7. The maximum atomic E-state index is 11.5. The van der Waals surface area contributed by atoms with Crippen molar-refractivity contribution in [3.05, 3.63) is 12.7 Å². The predicted octanol–water partition coefficient (Wildman–Crippen LogP) is 4.03. The summed E-state index contributed by atoms with van der Waals surface area (Å²) in [4.78, 5) is 22.9. The average Bonchev–Trinajstić information content (AvgIpc) is 2.39. The van der Waals surface area contributed by atoms with Gasteiger partial charge in [0.05, 0.1) is 6.61 Å². The predicted molar refractivity (Wildman–Crippen MR) is 83.9 cm³/mol. The SMILES string of the molecule is C=CCC(C)OC(=O)CCCCC(=O)OCCCC(C)C. The van der Waals surface area contributed by atoms with Crippen LogP contribution in [0, 0.1) is 5.92 Å². The number of esters is 2. The van der Waals surface area contributed by atoms with E-state index in [4.69, 9.17) is 9.47 Å². The Bertz CT molecular complexity index is 310. The van der Waals surface area contributed by atoms with Gasteiger partial charge in [-0.1, -0.05) is 19.9 Å². The van der Waals surface area contributed by atoms with E-state index in [1.807, 2.05) is 6.92 Å².